The molecule has 0 spiro atoms. The third kappa shape index (κ3) is 5.59. The Kier molecular flexibility index (Phi) is 7.79. The number of rotatable bonds is 8. The highest BCUT2D eigenvalue weighted by Crippen LogP contribution is 2.55. The van der Waals surface area contributed by atoms with Crippen LogP contribution < -0.4 is 15.5 Å². The maximum Gasteiger partial charge on any atom is 0.189 e. The van der Waals surface area contributed by atoms with Gasteiger partial charge in [0.25, 0.3) is 0 Å². The van der Waals surface area contributed by atoms with Crippen molar-refractivity contribution >= 4 is 38.7 Å². The quantitative estimate of drug-likeness (QED) is 0.307. The van der Waals surface area contributed by atoms with Crippen LogP contribution in [-0.4, -0.2) is 55.8 Å². The molecular weight excluding hydrogens is 532 g/mol. The largest absolute Gasteiger partial charge is 0.377 e. The number of nitrogens with one attached hydrogen (secondary N) is 2. The highest BCUT2D eigenvalue weighted by atomic mass is 32.2. The van der Waals surface area contributed by atoms with E-state index in [-0.39, 0.29) is 6.04 Å². The van der Waals surface area contributed by atoms with Crippen LogP contribution in [-0.2, 0) is 19.3 Å². The van der Waals surface area contributed by atoms with E-state index in [1.807, 2.05) is 36.4 Å². The Labute approximate surface area is 234 Å². The van der Waals surface area contributed by atoms with Crippen molar-refractivity contribution in [3.05, 3.63) is 66.4 Å². The van der Waals surface area contributed by atoms with Gasteiger partial charge in [-0.2, -0.15) is 5.26 Å². The minimum atomic E-state index is -3.66. The molecule has 2 heterocycles. The van der Waals surface area contributed by atoms with Gasteiger partial charge in [0.1, 0.15) is 10.6 Å². The Morgan fingerprint density at radius 2 is 1.92 bits per heavy atom. The van der Waals surface area contributed by atoms with Crippen LogP contribution in [0.2, 0.25) is 0 Å². The van der Waals surface area contributed by atoms with Gasteiger partial charge in [0.15, 0.2) is 20.8 Å². The first-order chi connectivity index (χ1) is 18.8. The van der Waals surface area contributed by atoms with E-state index in [2.05, 4.69) is 28.5 Å². The molecule has 0 radical (unpaired) electrons. The summed E-state index contributed by atoms with van der Waals surface area (Å²) >= 11 is 5.29. The topological polar surface area (TPSA) is 120 Å². The number of morpholine rings is 1. The molecule has 1 saturated heterocycles. The summed E-state index contributed by atoms with van der Waals surface area (Å²) in [5.74, 6) is 1.17. The summed E-state index contributed by atoms with van der Waals surface area (Å²) in [7, 11) is -3.66. The number of thiocarbonyl (C=S) groups is 1. The molecule has 0 unspecified atom stereocenters. The normalized spacial score (nSPS) is 18.2. The number of hydrogen-bond acceptors (Lipinski definition) is 8. The average Bonchev–Trinajstić information content (AvgIpc) is 3.77. The van der Waals surface area contributed by atoms with Crippen LogP contribution in [0.15, 0.2) is 65.6 Å². The van der Waals surface area contributed by atoms with Crippen LogP contribution in [0.3, 0.4) is 0 Å². The minimum Gasteiger partial charge on any atom is -0.377 e. The molecule has 2 aromatic carbocycles. The maximum atomic E-state index is 13.8. The molecule has 5 rings (SSSR count). The van der Waals surface area contributed by atoms with Crippen molar-refractivity contribution < 1.29 is 13.2 Å². The Morgan fingerprint density at radius 1 is 1.18 bits per heavy atom. The van der Waals surface area contributed by atoms with E-state index >= 15 is 0 Å². The first-order valence-corrected chi connectivity index (χ1v) is 14.8. The van der Waals surface area contributed by atoms with Gasteiger partial charge in [-0.3, -0.25) is 0 Å². The van der Waals surface area contributed by atoms with Gasteiger partial charge in [0.2, 0.25) is 0 Å². The molecule has 2 fully saturated rings. The highest BCUT2D eigenvalue weighted by molar-refractivity contribution is 7.92. The predicted molar refractivity (Wildman–Crippen MR) is 154 cm³/mol. The van der Waals surface area contributed by atoms with E-state index in [9.17, 15) is 8.42 Å². The van der Waals surface area contributed by atoms with Crippen molar-refractivity contribution in [1.82, 2.24) is 15.3 Å². The Balaban J connectivity index is 1.50. The number of hydrogen-bond donors (Lipinski definition) is 2. The zero-order chi connectivity index (χ0) is 27.5. The van der Waals surface area contributed by atoms with Crippen LogP contribution in [0.25, 0.3) is 11.4 Å². The number of aromatic nitrogens is 2. The number of sulfone groups is 1. The average molecular weight is 563 g/mol. The number of ether oxygens (including phenoxy) is 1. The van der Waals surface area contributed by atoms with Gasteiger partial charge in [0.05, 0.1) is 42.3 Å². The molecule has 2 aliphatic rings. The van der Waals surface area contributed by atoms with Crippen LogP contribution >= 0.6 is 12.2 Å². The molecule has 2 N–H and O–H groups in total. The standard InChI is InChI=1S/C28H30N6O3S2/c1-20-19-37-17-16-34(20)25-18-24(28(12-13-28)39(35,36)23-6-3-2-4-7-23)32-26(33-25)21-8-10-22(11-9-21)31-27(38)30-15-5-14-29/h2-4,6-11,18,20H,5,12-13,15-17,19H2,1H3,(H2,30,31,38)/t20-/m0/s1. The fraction of sp³-hybridized carbons (Fsp3) is 0.357. The van der Waals surface area contributed by atoms with Gasteiger partial charge < -0.3 is 20.3 Å². The molecular formula is C28H30N6O3S2. The highest BCUT2D eigenvalue weighted by Gasteiger charge is 2.58. The summed E-state index contributed by atoms with van der Waals surface area (Å²) in [6, 6.07) is 20.1. The van der Waals surface area contributed by atoms with E-state index in [0.717, 1.165) is 11.3 Å². The van der Waals surface area contributed by atoms with Crippen molar-refractivity contribution in [3.63, 3.8) is 0 Å². The van der Waals surface area contributed by atoms with Crippen molar-refractivity contribution in [3.8, 4) is 17.5 Å². The van der Waals surface area contributed by atoms with Gasteiger partial charge in [-0.05, 0) is 68.4 Å². The monoisotopic (exact) mass is 562 g/mol. The van der Waals surface area contributed by atoms with Gasteiger partial charge in [0, 0.05) is 30.4 Å². The van der Waals surface area contributed by atoms with Crippen molar-refractivity contribution in [2.24, 2.45) is 0 Å². The smallest absolute Gasteiger partial charge is 0.189 e. The van der Waals surface area contributed by atoms with Crippen LogP contribution in [0.4, 0.5) is 11.5 Å². The molecule has 1 saturated carbocycles. The molecule has 1 aliphatic carbocycles. The fourth-order valence-corrected chi connectivity index (χ4v) is 6.93. The molecule has 0 amide bonds. The zero-order valence-corrected chi connectivity index (χ0v) is 23.3. The molecule has 39 heavy (non-hydrogen) atoms. The molecule has 1 atom stereocenters. The van der Waals surface area contributed by atoms with Crippen molar-refractivity contribution in [1.29, 1.82) is 5.26 Å². The summed E-state index contributed by atoms with van der Waals surface area (Å²) < 4.78 is 32.2. The SMILES string of the molecule is C[C@H]1COCCN1c1cc(C2(S(=O)(=O)c3ccccc3)CC2)nc(-c2ccc(NC(=S)NCCC#N)cc2)n1. The van der Waals surface area contributed by atoms with Gasteiger partial charge in [-0.15, -0.1) is 0 Å². The molecule has 9 nitrogen and oxygen atoms in total. The van der Waals surface area contributed by atoms with Crippen molar-refractivity contribution in [2.75, 3.05) is 36.5 Å². The Hall–Kier alpha value is -3.59. The van der Waals surface area contributed by atoms with Crippen LogP contribution in [0, 0.1) is 11.3 Å². The number of nitrogens with zero attached hydrogens (tertiary/aromatic N) is 4. The van der Waals surface area contributed by atoms with E-state index in [1.165, 1.54) is 0 Å². The minimum absolute atomic E-state index is 0.0938. The van der Waals surface area contributed by atoms with Crippen LogP contribution in [0.5, 0.6) is 0 Å². The van der Waals surface area contributed by atoms with Crippen molar-refractivity contribution in [2.45, 2.75) is 41.9 Å². The zero-order valence-electron chi connectivity index (χ0n) is 21.6. The van der Waals surface area contributed by atoms with E-state index in [4.69, 9.17) is 32.2 Å². The predicted octanol–water partition coefficient (Wildman–Crippen LogP) is 4.03. The lowest BCUT2D eigenvalue weighted by atomic mass is 10.1. The lowest BCUT2D eigenvalue weighted by Crippen LogP contribution is -2.44. The summed E-state index contributed by atoms with van der Waals surface area (Å²) in [4.78, 5) is 12.2. The molecule has 202 valence electrons. The van der Waals surface area contributed by atoms with Gasteiger partial charge in [-0.25, -0.2) is 18.4 Å². The molecule has 0 bridgehead atoms. The van der Waals surface area contributed by atoms with Gasteiger partial charge >= 0.3 is 0 Å². The second-order valence-electron chi connectivity index (χ2n) is 9.73. The second-order valence-corrected chi connectivity index (χ2v) is 12.4. The number of benzene rings is 2. The molecule has 11 heteroatoms. The van der Waals surface area contributed by atoms with E-state index in [1.54, 1.807) is 24.3 Å². The third-order valence-electron chi connectivity index (χ3n) is 7.04. The summed E-state index contributed by atoms with van der Waals surface area (Å²) in [5.41, 5.74) is 2.06. The number of nitriles is 1. The summed E-state index contributed by atoms with van der Waals surface area (Å²) in [5, 5.41) is 15.2. The van der Waals surface area contributed by atoms with Crippen LogP contribution in [0.1, 0.15) is 31.9 Å². The first-order valence-electron chi connectivity index (χ1n) is 12.9. The van der Waals surface area contributed by atoms with E-state index < -0.39 is 14.6 Å². The molecule has 1 aromatic heterocycles. The third-order valence-corrected chi connectivity index (χ3v) is 9.82. The van der Waals surface area contributed by atoms with E-state index in [0.29, 0.717) is 72.9 Å². The lowest BCUT2D eigenvalue weighted by Gasteiger charge is -2.34. The fourth-order valence-electron chi connectivity index (χ4n) is 4.72. The molecule has 1 aliphatic heterocycles. The lowest BCUT2D eigenvalue weighted by molar-refractivity contribution is 0.0985. The summed E-state index contributed by atoms with van der Waals surface area (Å²) in [6.07, 6.45) is 1.38. The maximum absolute atomic E-state index is 13.8. The Bertz CT molecular complexity index is 1490. The Morgan fingerprint density at radius 3 is 2.59 bits per heavy atom. The first kappa shape index (κ1) is 27.0. The van der Waals surface area contributed by atoms with Gasteiger partial charge in [-0.1, -0.05) is 18.2 Å². The number of anilines is 2. The summed E-state index contributed by atoms with van der Waals surface area (Å²) in [6.45, 7) is 4.36. The second kappa shape index (κ2) is 11.3. The molecule has 3 aromatic rings.